The standard InChI is InChI=1S/C15H8Cl2N2O2S/c16-11-2-1-3-12(17)14(11)13-8-18-15(22-13)9-4-6-10(7-5-9)19(20)21/h1-8H. The summed E-state index contributed by atoms with van der Waals surface area (Å²) in [6, 6.07) is 11.6. The number of aromatic nitrogens is 1. The van der Waals surface area contributed by atoms with E-state index in [2.05, 4.69) is 4.98 Å². The molecule has 110 valence electrons. The second-order valence-electron chi connectivity index (χ2n) is 4.43. The van der Waals surface area contributed by atoms with Crippen LogP contribution in [0.4, 0.5) is 5.69 Å². The van der Waals surface area contributed by atoms with E-state index in [-0.39, 0.29) is 5.69 Å². The van der Waals surface area contributed by atoms with Crippen molar-refractivity contribution in [3.63, 3.8) is 0 Å². The maximum atomic E-state index is 10.7. The van der Waals surface area contributed by atoms with Crippen LogP contribution in [0.15, 0.2) is 48.7 Å². The van der Waals surface area contributed by atoms with Gasteiger partial charge in [-0.1, -0.05) is 29.3 Å². The Morgan fingerprint density at radius 2 is 1.68 bits per heavy atom. The topological polar surface area (TPSA) is 56.0 Å². The molecule has 0 saturated carbocycles. The second kappa shape index (κ2) is 6.04. The predicted molar refractivity (Wildman–Crippen MR) is 89.7 cm³/mol. The summed E-state index contributed by atoms with van der Waals surface area (Å²) in [6.07, 6.45) is 1.70. The molecule has 0 fully saturated rings. The summed E-state index contributed by atoms with van der Waals surface area (Å²) < 4.78 is 0. The highest BCUT2D eigenvalue weighted by Crippen LogP contribution is 2.39. The number of rotatable bonds is 3. The van der Waals surface area contributed by atoms with Crippen molar-refractivity contribution >= 4 is 40.2 Å². The van der Waals surface area contributed by atoms with Crippen LogP contribution in [0.2, 0.25) is 10.0 Å². The molecular formula is C15H8Cl2N2O2S. The number of halogens is 2. The molecule has 2 aromatic carbocycles. The summed E-state index contributed by atoms with van der Waals surface area (Å²) in [7, 11) is 0. The molecule has 4 nitrogen and oxygen atoms in total. The smallest absolute Gasteiger partial charge is 0.258 e. The zero-order valence-corrected chi connectivity index (χ0v) is 13.3. The normalized spacial score (nSPS) is 10.6. The first-order chi connectivity index (χ1) is 10.6. The predicted octanol–water partition coefficient (Wildman–Crippen LogP) is 5.69. The first kappa shape index (κ1) is 15.0. The fourth-order valence-corrected chi connectivity index (χ4v) is 3.69. The summed E-state index contributed by atoms with van der Waals surface area (Å²) in [6.45, 7) is 0. The summed E-state index contributed by atoms with van der Waals surface area (Å²) in [5.41, 5.74) is 1.61. The highest BCUT2D eigenvalue weighted by atomic mass is 35.5. The number of hydrogen-bond donors (Lipinski definition) is 0. The lowest BCUT2D eigenvalue weighted by molar-refractivity contribution is -0.384. The summed E-state index contributed by atoms with van der Waals surface area (Å²) in [5, 5.41) is 12.5. The van der Waals surface area contributed by atoms with Crippen LogP contribution in [-0.4, -0.2) is 9.91 Å². The van der Waals surface area contributed by atoms with E-state index in [4.69, 9.17) is 23.2 Å². The number of nitro groups is 1. The maximum absolute atomic E-state index is 10.7. The Hall–Kier alpha value is -1.95. The number of nitrogens with zero attached hydrogens (tertiary/aromatic N) is 2. The van der Waals surface area contributed by atoms with Crippen LogP contribution in [0.5, 0.6) is 0 Å². The van der Waals surface area contributed by atoms with Gasteiger partial charge in [-0.25, -0.2) is 4.98 Å². The zero-order valence-electron chi connectivity index (χ0n) is 11.0. The van der Waals surface area contributed by atoms with E-state index in [0.717, 1.165) is 21.0 Å². The van der Waals surface area contributed by atoms with E-state index in [1.807, 2.05) is 0 Å². The molecule has 0 bridgehead atoms. The molecule has 3 rings (SSSR count). The molecule has 22 heavy (non-hydrogen) atoms. The average Bonchev–Trinajstić information content (AvgIpc) is 2.97. The van der Waals surface area contributed by atoms with Gasteiger partial charge in [0, 0.05) is 29.5 Å². The van der Waals surface area contributed by atoms with Crippen LogP contribution in [0.3, 0.4) is 0 Å². The van der Waals surface area contributed by atoms with Crippen molar-refractivity contribution < 1.29 is 4.92 Å². The Kier molecular flexibility index (Phi) is 4.11. The number of hydrogen-bond acceptors (Lipinski definition) is 4. The van der Waals surface area contributed by atoms with Crippen molar-refractivity contribution in [1.29, 1.82) is 0 Å². The van der Waals surface area contributed by atoms with Crippen LogP contribution in [0.1, 0.15) is 0 Å². The lowest BCUT2D eigenvalue weighted by atomic mass is 10.2. The molecule has 0 spiro atoms. The maximum Gasteiger partial charge on any atom is 0.269 e. The monoisotopic (exact) mass is 350 g/mol. The van der Waals surface area contributed by atoms with Crippen LogP contribution >= 0.6 is 34.5 Å². The fourth-order valence-electron chi connectivity index (χ4n) is 1.98. The Labute approximate surface area is 140 Å². The van der Waals surface area contributed by atoms with Crippen molar-refractivity contribution in [2.75, 3.05) is 0 Å². The Bertz CT molecular complexity index is 827. The number of thiazole rings is 1. The van der Waals surface area contributed by atoms with Gasteiger partial charge in [0.05, 0.1) is 19.8 Å². The first-order valence-electron chi connectivity index (χ1n) is 6.21. The molecule has 1 heterocycles. The fraction of sp³-hybridized carbons (Fsp3) is 0. The molecule has 0 N–H and O–H groups in total. The molecule has 0 unspecified atom stereocenters. The lowest BCUT2D eigenvalue weighted by Crippen LogP contribution is -1.86. The van der Waals surface area contributed by atoms with Crippen molar-refractivity contribution in [3.8, 4) is 21.0 Å². The lowest BCUT2D eigenvalue weighted by Gasteiger charge is -2.02. The third kappa shape index (κ3) is 2.83. The molecule has 1 aromatic heterocycles. The minimum Gasteiger partial charge on any atom is -0.258 e. The van der Waals surface area contributed by atoms with Gasteiger partial charge in [-0.15, -0.1) is 11.3 Å². The highest BCUT2D eigenvalue weighted by Gasteiger charge is 2.13. The molecular weight excluding hydrogens is 343 g/mol. The van der Waals surface area contributed by atoms with E-state index < -0.39 is 4.92 Å². The van der Waals surface area contributed by atoms with E-state index >= 15 is 0 Å². The molecule has 0 amide bonds. The molecule has 0 saturated heterocycles. The molecule has 0 radical (unpaired) electrons. The SMILES string of the molecule is O=[N+]([O-])c1ccc(-c2ncc(-c3c(Cl)cccc3Cl)s2)cc1. The van der Waals surface area contributed by atoms with Crippen LogP contribution in [-0.2, 0) is 0 Å². The molecule has 3 aromatic rings. The van der Waals surface area contributed by atoms with Crippen molar-refractivity contribution in [1.82, 2.24) is 4.98 Å². The summed E-state index contributed by atoms with van der Waals surface area (Å²) >= 11 is 13.8. The minimum atomic E-state index is -0.430. The van der Waals surface area contributed by atoms with E-state index in [9.17, 15) is 10.1 Å². The quantitative estimate of drug-likeness (QED) is 0.450. The Morgan fingerprint density at radius 3 is 2.27 bits per heavy atom. The van der Waals surface area contributed by atoms with Gasteiger partial charge in [0.2, 0.25) is 0 Å². The summed E-state index contributed by atoms with van der Waals surface area (Å²) in [5.74, 6) is 0. The van der Waals surface area contributed by atoms with Gasteiger partial charge < -0.3 is 0 Å². The van der Waals surface area contributed by atoms with Gasteiger partial charge in [0.25, 0.3) is 5.69 Å². The van der Waals surface area contributed by atoms with Gasteiger partial charge >= 0.3 is 0 Å². The van der Waals surface area contributed by atoms with Crippen molar-refractivity contribution in [3.05, 3.63) is 68.8 Å². The average molecular weight is 351 g/mol. The highest BCUT2D eigenvalue weighted by molar-refractivity contribution is 7.18. The number of non-ortho nitro benzene ring substituents is 1. The van der Waals surface area contributed by atoms with Gasteiger partial charge in [0.15, 0.2) is 0 Å². The number of nitro benzene ring substituents is 1. The van der Waals surface area contributed by atoms with Gasteiger partial charge in [0.1, 0.15) is 5.01 Å². The van der Waals surface area contributed by atoms with Crippen LogP contribution in [0.25, 0.3) is 21.0 Å². The van der Waals surface area contributed by atoms with Crippen molar-refractivity contribution in [2.24, 2.45) is 0 Å². The van der Waals surface area contributed by atoms with E-state index in [1.54, 1.807) is 36.5 Å². The molecule has 7 heteroatoms. The summed E-state index contributed by atoms with van der Waals surface area (Å²) in [4.78, 5) is 15.4. The molecule has 0 aliphatic rings. The Morgan fingerprint density at radius 1 is 1.05 bits per heavy atom. The van der Waals surface area contributed by atoms with Crippen LogP contribution < -0.4 is 0 Å². The zero-order chi connectivity index (χ0) is 15.7. The van der Waals surface area contributed by atoms with Crippen LogP contribution in [0, 0.1) is 10.1 Å². The molecule has 0 atom stereocenters. The second-order valence-corrected chi connectivity index (χ2v) is 6.28. The van der Waals surface area contributed by atoms with E-state index in [0.29, 0.717) is 10.0 Å². The molecule has 0 aliphatic carbocycles. The first-order valence-corrected chi connectivity index (χ1v) is 7.78. The third-order valence-corrected chi connectivity index (χ3v) is 4.73. The minimum absolute atomic E-state index is 0.0506. The van der Waals surface area contributed by atoms with E-state index in [1.165, 1.54) is 23.5 Å². The van der Waals surface area contributed by atoms with Gasteiger partial charge in [-0.2, -0.15) is 0 Å². The Balaban J connectivity index is 1.99. The van der Waals surface area contributed by atoms with Gasteiger partial charge in [-0.05, 0) is 24.3 Å². The van der Waals surface area contributed by atoms with Crippen molar-refractivity contribution in [2.45, 2.75) is 0 Å². The largest absolute Gasteiger partial charge is 0.269 e. The number of benzene rings is 2. The third-order valence-electron chi connectivity index (χ3n) is 3.04. The molecule has 0 aliphatic heterocycles. The van der Waals surface area contributed by atoms with Gasteiger partial charge in [-0.3, -0.25) is 10.1 Å².